The van der Waals surface area contributed by atoms with E-state index >= 15 is 0 Å². The summed E-state index contributed by atoms with van der Waals surface area (Å²) in [5.74, 6) is 2.03. The van der Waals surface area contributed by atoms with Crippen LogP contribution in [0.4, 0.5) is 0 Å². The van der Waals surface area contributed by atoms with E-state index in [1.54, 1.807) is 0 Å². The molecule has 1 nitrogen and oxygen atoms in total. The van der Waals surface area contributed by atoms with E-state index in [4.69, 9.17) is 4.74 Å². The Morgan fingerprint density at radius 1 is 1.14 bits per heavy atom. The van der Waals surface area contributed by atoms with Gasteiger partial charge in [0.15, 0.2) is 0 Å². The topological polar surface area (TPSA) is 9.23 Å². The molecule has 1 aromatic rings. The summed E-state index contributed by atoms with van der Waals surface area (Å²) in [5, 5.41) is 0. The summed E-state index contributed by atoms with van der Waals surface area (Å²) in [7, 11) is 1.81. The van der Waals surface area contributed by atoms with Gasteiger partial charge in [-0.3, -0.25) is 0 Å². The third kappa shape index (κ3) is 7.92. The van der Waals surface area contributed by atoms with E-state index < -0.39 is 0 Å². The molecule has 0 amide bonds. The molecule has 0 aromatic heterocycles. The van der Waals surface area contributed by atoms with Crippen LogP contribution in [0.5, 0.6) is 0 Å². The summed E-state index contributed by atoms with van der Waals surface area (Å²) in [4.78, 5) is 1.40. The summed E-state index contributed by atoms with van der Waals surface area (Å²) in [6.07, 6.45) is 6.15. The average molecular weight is 309 g/mol. The van der Waals surface area contributed by atoms with Crippen molar-refractivity contribution >= 4 is 11.8 Å². The fourth-order valence-electron chi connectivity index (χ4n) is 2.32. The van der Waals surface area contributed by atoms with Crippen molar-refractivity contribution in [3.63, 3.8) is 0 Å². The van der Waals surface area contributed by atoms with Crippen LogP contribution in [-0.4, -0.2) is 18.5 Å². The second-order valence-electron chi connectivity index (χ2n) is 6.60. The van der Waals surface area contributed by atoms with Crippen molar-refractivity contribution in [1.82, 2.24) is 0 Å². The molecule has 0 aliphatic carbocycles. The Hall–Kier alpha value is -0.470. The van der Waals surface area contributed by atoms with E-state index in [1.807, 2.05) is 18.9 Å². The SMILES string of the molecule is CCc1ccc(SCCC(C)CCCC(C)(C)OC)cc1. The van der Waals surface area contributed by atoms with E-state index in [-0.39, 0.29) is 5.60 Å². The van der Waals surface area contributed by atoms with Crippen molar-refractivity contribution in [1.29, 1.82) is 0 Å². The summed E-state index contributed by atoms with van der Waals surface area (Å²) in [5.41, 5.74) is 1.46. The van der Waals surface area contributed by atoms with E-state index in [1.165, 1.54) is 35.5 Å². The lowest BCUT2D eigenvalue weighted by molar-refractivity contribution is 0.0127. The molecule has 0 radical (unpaired) electrons. The zero-order valence-corrected chi connectivity index (χ0v) is 15.3. The van der Waals surface area contributed by atoms with Crippen molar-refractivity contribution in [2.24, 2.45) is 5.92 Å². The van der Waals surface area contributed by atoms with Crippen LogP contribution in [0, 0.1) is 5.92 Å². The van der Waals surface area contributed by atoms with Crippen LogP contribution in [0.25, 0.3) is 0 Å². The number of rotatable bonds is 10. The first-order chi connectivity index (χ1) is 9.96. The number of hydrogen-bond donors (Lipinski definition) is 0. The van der Waals surface area contributed by atoms with Crippen LogP contribution in [0.2, 0.25) is 0 Å². The molecule has 0 bridgehead atoms. The van der Waals surface area contributed by atoms with Gasteiger partial charge in [0.2, 0.25) is 0 Å². The maximum atomic E-state index is 5.47. The predicted octanol–water partition coefficient (Wildman–Crippen LogP) is 5.96. The first-order valence-electron chi connectivity index (χ1n) is 8.23. The highest BCUT2D eigenvalue weighted by molar-refractivity contribution is 7.99. The van der Waals surface area contributed by atoms with Gasteiger partial charge in [-0.25, -0.2) is 0 Å². The average Bonchev–Trinajstić information content (AvgIpc) is 2.48. The van der Waals surface area contributed by atoms with Gasteiger partial charge in [0, 0.05) is 12.0 Å². The zero-order chi connectivity index (χ0) is 15.7. The standard InChI is InChI=1S/C19H32OS/c1-6-17-9-11-18(12-10-17)21-15-13-16(2)8-7-14-19(3,4)20-5/h9-12,16H,6-8,13-15H2,1-5H3. The van der Waals surface area contributed by atoms with Crippen molar-refractivity contribution < 1.29 is 4.74 Å². The molecule has 2 heteroatoms. The fourth-order valence-corrected chi connectivity index (χ4v) is 3.41. The lowest BCUT2D eigenvalue weighted by atomic mass is 9.95. The van der Waals surface area contributed by atoms with Crippen LogP contribution in [0.1, 0.15) is 58.9 Å². The van der Waals surface area contributed by atoms with Crippen LogP contribution < -0.4 is 0 Å². The monoisotopic (exact) mass is 308 g/mol. The van der Waals surface area contributed by atoms with Crippen LogP contribution in [0.3, 0.4) is 0 Å². The van der Waals surface area contributed by atoms with E-state index in [0.29, 0.717) is 0 Å². The summed E-state index contributed by atoms with van der Waals surface area (Å²) in [6.45, 7) is 8.93. The molecule has 0 N–H and O–H groups in total. The molecule has 1 aromatic carbocycles. The number of ether oxygens (including phenoxy) is 1. The highest BCUT2D eigenvalue weighted by Crippen LogP contribution is 2.24. The first-order valence-corrected chi connectivity index (χ1v) is 9.22. The van der Waals surface area contributed by atoms with Gasteiger partial charge in [-0.2, -0.15) is 0 Å². The largest absolute Gasteiger partial charge is 0.379 e. The normalized spacial score (nSPS) is 13.4. The quantitative estimate of drug-likeness (QED) is 0.493. The van der Waals surface area contributed by atoms with Crippen molar-refractivity contribution in [3.05, 3.63) is 29.8 Å². The molecule has 0 aliphatic heterocycles. The van der Waals surface area contributed by atoms with Gasteiger partial charge in [0.05, 0.1) is 5.60 Å². The van der Waals surface area contributed by atoms with Gasteiger partial charge >= 0.3 is 0 Å². The minimum atomic E-state index is 0.0372. The Morgan fingerprint density at radius 3 is 2.38 bits per heavy atom. The van der Waals surface area contributed by atoms with Gasteiger partial charge in [0.25, 0.3) is 0 Å². The Labute approximate surface area is 135 Å². The van der Waals surface area contributed by atoms with Gasteiger partial charge < -0.3 is 4.74 Å². The van der Waals surface area contributed by atoms with Crippen LogP contribution in [-0.2, 0) is 11.2 Å². The number of thioether (sulfide) groups is 1. The lowest BCUT2D eigenvalue weighted by Crippen LogP contribution is -2.22. The molecular formula is C19H32OS. The molecule has 0 spiro atoms. The number of hydrogen-bond acceptors (Lipinski definition) is 2. The van der Waals surface area contributed by atoms with Crippen molar-refractivity contribution in [2.75, 3.05) is 12.9 Å². The number of aryl methyl sites for hydroxylation is 1. The molecule has 1 atom stereocenters. The van der Waals surface area contributed by atoms with E-state index in [2.05, 4.69) is 52.0 Å². The van der Waals surface area contributed by atoms with Gasteiger partial charge in [-0.15, -0.1) is 11.8 Å². The van der Waals surface area contributed by atoms with E-state index in [0.717, 1.165) is 18.8 Å². The van der Waals surface area contributed by atoms with Gasteiger partial charge in [-0.05, 0) is 62.5 Å². The van der Waals surface area contributed by atoms with Crippen LogP contribution >= 0.6 is 11.8 Å². The third-order valence-electron chi connectivity index (χ3n) is 4.24. The molecule has 120 valence electrons. The minimum Gasteiger partial charge on any atom is -0.379 e. The fraction of sp³-hybridized carbons (Fsp3) is 0.684. The highest BCUT2D eigenvalue weighted by atomic mass is 32.2. The lowest BCUT2D eigenvalue weighted by Gasteiger charge is -2.23. The highest BCUT2D eigenvalue weighted by Gasteiger charge is 2.16. The molecule has 0 saturated heterocycles. The molecule has 0 heterocycles. The maximum Gasteiger partial charge on any atom is 0.0622 e. The van der Waals surface area contributed by atoms with Gasteiger partial charge in [0.1, 0.15) is 0 Å². The minimum absolute atomic E-state index is 0.0372. The Bertz CT molecular complexity index is 383. The predicted molar refractivity (Wildman–Crippen MR) is 95.3 cm³/mol. The molecule has 1 rings (SSSR count). The third-order valence-corrected chi connectivity index (χ3v) is 5.28. The van der Waals surface area contributed by atoms with Gasteiger partial charge in [-0.1, -0.05) is 38.8 Å². The smallest absolute Gasteiger partial charge is 0.0622 e. The Balaban J connectivity index is 2.16. The van der Waals surface area contributed by atoms with Crippen molar-refractivity contribution in [3.8, 4) is 0 Å². The maximum absolute atomic E-state index is 5.47. The summed E-state index contributed by atoms with van der Waals surface area (Å²) < 4.78 is 5.47. The first kappa shape index (κ1) is 18.6. The Morgan fingerprint density at radius 2 is 1.81 bits per heavy atom. The number of benzene rings is 1. The molecule has 1 unspecified atom stereocenters. The Kier molecular flexibility index (Phi) is 8.43. The van der Waals surface area contributed by atoms with Crippen LogP contribution in [0.15, 0.2) is 29.2 Å². The second kappa shape index (κ2) is 9.53. The molecule has 0 aliphatic rings. The van der Waals surface area contributed by atoms with Crippen molar-refractivity contribution in [2.45, 2.75) is 70.3 Å². The zero-order valence-electron chi connectivity index (χ0n) is 14.4. The number of methoxy groups -OCH3 is 1. The summed E-state index contributed by atoms with van der Waals surface area (Å²) in [6, 6.07) is 9.02. The second-order valence-corrected chi connectivity index (χ2v) is 7.76. The van der Waals surface area contributed by atoms with E-state index in [9.17, 15) is 0 Å². The molecule has 0 fully saturated rings. The summed E-state index contributed by atoms with van der Waals surface area (Å²) >= 11 is 1.99. The molecule has 21 heavy (non-hydrogen) atoms. The molecular weight excluding hydrogens is 276 g/mol. The molecule has 0 saturated carbocycles.